The van der Waals surface area contributed by atoms with E-state index in [4.69, 9.17) is 10.5 Å². The molecule has 0 bridgehead atoms. The normalized spacial score (nSPS) is 13.1. The second-order valence-corrected chi connectivity index (χ2v) is 10.6. The van der Waals surface area contributed by atoms with Gasteiger partial charge in [-0.3, -0.25) is 4.72 Å². The van der Waals surface area contributed by atoms with Crippen molar-refractivity contribution in [2.24, 2.45) is 5.73 Å². The summed E-state index contributed by atoms with van der Waals surface area (Å²) < 4.78 is 58.5. The lowest BCUT2D eigenvalue weighted by Crippen LogP contribution is -2.46. The lowest BCUT2D eigenvalue weighted by Gasteiger charge is -2.25. The van der Waals surface area contributed by atoms with E-state index in [1.54, 1.807) is 0 Å². The third kappa shape index (κ3) is 9.23. The molecule has 0 aliphatic rings. The quantitative estimate of drug-likeness (QED) is 0.307. The van der Waals surface area contributed by atoms with Crippen molar-refractivity contribution in [1.82, 2.24) is 5.32 Å². The van der Waals surface area contributed by atoms with Crippen molar-refractivity contribution >= 4 is 21.7 Å². The van der Waals surface area contributed by atoms with Crippen molar-refractivity contribution in [3.05, 3.63) is 101 Å². The fourth-order valence-electron chi connectivity index (χ4n) is 3.86. The average molecular weight is 532 g/mol. The van der Waals surface area contributed by atoms with Gasteiger partial charge in [-0.25, -0.2) is 22.0 Å². The van der Waals surface area contributed by atoms with Gasteiger partial charge in [-0.15, -0.1) is 0 Å². The molecule has 0 saturated heterocycles. The van der Waals surface area contributed by atoms with Crippen LogP contribution in [0.25, 0.3) is 0 Å². The number of halogens is 2. The summed E-state index contributed by atoms with van der Waals surface area (Å²) in [4.78, 5) is 13.0. The molecule has 0 amide bonds. The summed E-state index contributed by atoms with van der Waals surface area (Å²) in [5.74, 6) is -2.16. The van der Waals surface area contributed by atoms with Crippen molar-refractivity contribution in [2.45, 2.75) is 38.5 Å². The van der Waals surface area contributed by atoms with E-state index < -0.39 is 39.8 Å². The summed E-state index contributed by atoms with van der Waals surface area (Å²) in [6, 6.07) is 16.3. The van der Waals surface area contributed by atoms with E-state index in [2.05, 4.69) is 23.0 Å². The standard InChI is InChI=1S/C27H31F2N3O4S/c1-3-18-6-4-7-19(10-18)16-31-17-26(25(30)13-20-11-22(28)15-23(29)12-20)36-27(33)21-8-5-9-24(14-21)32-37(2,34)35/h4-12,14-15,25-26,31-32H,3,13,16-17,30H2,1-2H3/t25-,26+/m0/s1. The molecule has 0 aliphatic heterocycles. The van der Waals surface area contributed by atoms with E-state index in [1.165, 1.54) is 42.0 Å². The molecule has 3 rings (SSSR count). The van der Waals surface area contributed by atoms with Gasteiger partial charge in [-0.05, 0) is 59.9 Å². The van der Waals surface area contributed by atoms with Gasteiger partial charge in [-0.2, -0.15) is 0 Å². The number of esters is 1. The number of hydrogen-bond donors (Lipinski definition) is 3. The SMILES string of the molecule is CCc1cccc(CNC[C@@H](OC(=O)c2cccc(NS(C)(=O)=O)c2)[C@@H](N)Cc2cc(F)cc(F)c2)c1. The first-order valence-corrected chi connectivity index (χ1v) is 13.7. The van der Waals surface area contributed by atoms with Gasteiger partial charge in [0.05, 0.1) is 11.8 Å². The molecule has 0 heterocycles. The summed E-state index contributed by atoms with van der Waals surface area (Å²) in [5.41, 5.74) is 9.26. The number of aryl methyl sites for hydroxylation is 1. The van der Waals surface area contributed by atoms with Gasteiger partial charge < -0.3 is 15.8 Å². The van der Waals surface area contributed by atoms with E-state index >= 15 is 0 Å². The summed E-state index contributed by atoms with van der Waals surface area (Å²) in [6.45, 7) is 2.75. The molecule has 10 heteroatoms. The van der Waals surface area contributed by atoms with Crippen molar-refractivity contribution in [2.75, 3.05) is 17.5 Å². The number of nitrogens with two attached hydrogens (primary N) is 1. The Morgan fingerprint density at radius 1 is 0.973 bits per heavy atom. The maximum atomic E-state index is 13.7. The van der Waals surface area contributed by atoms with Gasteiger partial charge in [-0.1, -0.05) is 37.3 Å². The highest BCUT2D eigenvalue weighted by molar-refractivity contribution is 7.92. The fourth-order valence-corrected chi connectivity index (χ4v) is 4.42. The van der Waals surface area contributed by atoms with E-state index in [0.717, 1.165) is 24.3 Å². The minimum atomic E-state index is -3.53. The first-order valence-electron chi connectivity index (χ1n) is 11.8. The average Bonchev–Trinajstić information content (AvgIpc) is 2.82. The van der Waals surface area contributed by atoms with Gasteiger partial charge in [0, 0.05) is 30.9 Å². The predicted octanol–water partition coefficient (Wildman–Crippen LogP) is 3.78. The monoisotopic (exact) mass is 531 g/mol. The zero-order chi connectivity index (χ0) is 27.0. The van der Waals surface area contributed by atoms with Crippen LogP contribution in [0.5, 0.6) is 0 Å². The minimum absolute atomic E-state index is 0.0648. The lowest BCUT2D eigenvalue weighted by molar-refractivity contribution is 0.0238. The second kappa shape index (κ2) is 12.8. The Bertz CT molecular complexity index is 1310. The predicted molar refractivity (Wildman–Crippen MR) is 140 cm³/mol. The number of benzene rings is 3. The van der Waals surface area contributed by atoms with Crippen LogP contribution in [-0.2, 0) is 34.1 Å². The highest BCUT2D eigenvalue weighted by Gasteiger charge is 2.24. The van der Waals surface area contributed by atoms with Crippen LogP contribution < -0.4 is 15.8 Å². The van der Waals surface area contributed by atoms with Crippen LogP contribution in [-0.4, -0.2) is 39.3 Å². The van der Waals surface area contributed by atoms with Crippen LogP contribution in [0.4, 0.5) is 14.5 Å². The van der Waals surface area contributed by atoms with Gasteiger partial charge in [0.15, 0.2) is 0 Å². The largest absolute Gasteiger partial charge is 0.456 e. The molecule has 0 radical (unpaired) electrons. The van der Waals surface area contributed by atoms with Crippen LogP contribution in [0.1, 0.15) is 34.0 Å². The minimum Gasteiger partial charge on any atom is -0.456 e. The highest BCUT2D eigenvalue weighted by Crippen LogP contribution is 2.16. The lowest BCUT2D eigenvalue weighted by atomic mass is 10.0. The number of carbonyl (C=O) groups is 1. The maximum Gasteiger partial charge on any atom is 0.338 e. The molecule has 3 aromatic rings. The maximum absolute atomic E-state index is 13.7. The number of ether oxygens (including phenoxy) is 1. The van der Waals surface area contributed by atoms with E-state index in [-0.39, 0.29) is 24.2 Å². The Hall–Kier alpha value is -3.34. The summed E-state index contributed by atoms with van der Waals surface area (Å²) in [6.07, 6.45) is 1.12. The molecule has 0 spiro atoms. The smallest absolute Gasteiger partial charge is 0.338 e. The van der Waals surface area contributed by atoms with Crippen LogP contribution in [0.3, 0.4) is 0 Å². The molecule has 0 unspecified atom stereocenters. The van der Waals surface area contributed by atoms with Gasteiger partial charge in [0.1, 0.15) is 17.7 Å². The number of carbonyl (C=O) groups excluding carboxylic acids is 1. The summed E-state index contributed by atoms with van der Waals surface area (Å²) >= 11 is 0. The third-order valence-corrected chi connectivity index (χ3v) is 6.21. The van der Waals surface area contributed by atoms with E-state index in [0.29, 0.717) is 12.1 Å². The molecule has 2 atom stereocenters. The molecule has 4 N–H and O–H groups in total. The first kappa shape index (κ1) is 28.2. The highest BCUT2D eigenvalue weighted by atomic mass is 32.2. The Labute approximate surface area is 216 Å². The molecule has 0 aliphatic carbocycles. The number of rotatable bonds is 12. The zero-order valence-corrected chi connectivity index (χ0v) is 21.5. The number of sulfonamides is 1. The molecule has 3 aromatic carbocycles. The van der Waals surface area contributed by atoms with Crippen molar-refractivity contribution < 1.29 is 26.7 Å². The van der Waals surface area contributed by atoms with Crippen molar-refractivity contribution in [3.8, 4) is 0 Å². The van der Waals surface area contributed by atoms with Crippen molar-refractivity contribution in [1.29, 1.82) is 0 Å². The summed E-state index contributed by atoms with van der Waals surface area (Å²) in [5, 5.41) is 3.24. The Balaban J connectivity index is 1.75. The molecular weight excluding hydrogens is 500 g/mol. The summed E-state index contributed by atoms with van der Waals surface area (Å²) in [7, 11) is -3.53. The van der Waals surface area contributed by atoms with Crippen LogP contribution in [0.15, 0.2) is 66.7 Å². The van der Waals surface area contributed by atoms with E-state index in [1.807, 2.05) is 18.2 Å². The Morgan fingerprint density at radius 3 is 2.32 bits per heavy atom. The number of anilines is 1. The Morgan fingerprint density at radius 2 is 1.65 bits per heavy atom. The second-order valence-electron chi connectivity index (χ2n) is 8.85. The topological polar surface area (TPSA) is 111 Å². The molecule has 0 aromatic heterocycles. The third-order valence-electron chi connectivity index (χ3n) is 5.61. The Kier molecular flexibility index (Phi) is 9.73. The first-order chi connectivity index (χ1) is 17.5. The van der Waals surface area contributed by atoms with Crippen molar-refractivity contribution in [3.63, 3.8) is 0 Å². The molecule has 0 fully saturated rings. The van der Waals surface area contributed by atoms with Crippen LogP contribution in [0, 0.1) is 11.6 Å². The van der Waals surface area contributed by atoms with Gasteiger partial charge >= 0.3 is 5.97 Å². The molecule has 198 valence electrons. The fraction of sp³-hybridized carbons (Fsp3) is 0.296. The van der Waals surface area contributed by atoms with Gasteiger partial charge in [0.2, 0.25) is 10.0 Å². The molecule has 37 heavy (non-hydrogen) atoms. The number of hydrogen-bond acceptors (Lipinski definition) is 6. The van der Waals surface area contributed by atoms with Crippen LogP contribution in [0.2, 0.25) is 0 Å². The molecule has 7 nitrogen and oxygen atoms in total. The van der Waals surface area contributed by atoms with E-state index in [9.17, 15) is 22.0 Å². The zero-order valence-electron chi connectivity index (χ0n) is 20.7. The van der Waals surface area contributed by atoms with Gasteiger partial charge in [0.25, 0.3) is 0 Å². The number of nitrogens with one attached hydrogen (secondary N) is 2. The molecular formula is C27H31F2N3O4S. The van der Waals surface area contributed by atoms with Crippen LogP contribution >= 0.6 is 0 Å². The molecule has 0 saturated carbocycles.